The number of aliphatic hydroxyl groups excluding tert-OH is 1. The molecule has 1 aliphatic carbocycles. The molecule has 0 aromatic heterocycles. The fourth-order valence-electron chi connectivity index (χ4n) is 3.50. The Bertz CT molecular complexity index is 438. The smallest absolute Gasteiger partial charge is 0.310 e. The van der Waals surface area contributed by atoms with Gasteiger partial charge < -0.3 is 10.2 Å². The number of sulfone groups is 1. The molecule has 0 spiro atoms. The van der Waals surface area contributed by atoms with E-state index in [-0.39, 0.29) is 24.3 Å². The second kappa shape index (κ2) is 5.40. The van der Waals surface area contributed by atoms with Crippen molar-refractivity contribution in [1.29, 1.82) is 0 Å². The summed E-state index contributed by atoms with van der Waals surface area (Å²) in [5, 5.41) is 19.4. The van der Waals surface area contributed by atoms with Gasteiger partial charge in [-0.25, -0.2) is 8.42 Å². The first kappa shape index (κ1) is 14.8. The highest BCUT2D eigenvalue weighted by Crippen LogP contribution is 2.39. The lowest BCUT2D eigenvalue weighted by Gasteiger charge is -2.26. The predicted octanol–water partition coefficient (Wildman–Crippen LogP) is 1.21. The molecule has 5 nitrogen and oxygen atoms in total. The van der Waals surface area contributed by atoms with Crippen LogP contribution in [0.4, 0.5) is 0 Å². The highest BCUT2D eigenvalue weighted by molar-refractivity contribution is 7.91. The number of carbonyl (C=O) groups is 1. The highest BCUT2D eigenvalue weighted by Gasteiger charge is 2.49. The van der Waals surface area contributed by atoms with Crippen LogP contribution in [0.25, 0.3) is 0 Å². The summed E-state index contributed by atoms with van der Waals surface area (Å²) >= 11 is 0. The third-order valence-electron chi connectivity index (χ3n) is 4.55. The van der Waals surface area contributed by atoms with Gasteiger partial charge in [-0.05, 0) is 25.2 Å². The van der Waals surface area contributed by atoms with Crippen molar-refractivity contribution in [3.05, 3.63) is 0 Å². The van der Waals surface area contributed by atoms with E-state index in [1.54, 1.807) is 0 Å². The fraction of sp³-hybridized carbons (Fsp3) is 0.923. The van der Waals surface area contributed by atoms with Gasteiger partial charge in [0.05, 0.1) is 23.0 Å². The van der Waals surface area contributed by atoms with E-state index >= 15 is 0 Å². The maximum atomic E-state index is 11.5. The Morgan fingerprint density at radius 2 is 1.95 bits per heavy atom. The van der Waals surface area contributed by atoms with E-state index in [0.29, 0.717) is 12.3 Å². The number of carboxylic acid groups (broad SMARTS) is 1. The van der Waals surface area contributed by atoms with Crippen LogP contribution in [0.3, 0.4) is 0 Å². The Balaban J connectivity index is 1.99. The number of rotatable bonds is 5. The standard InChI is InChI=1S/C13H22O5S/c14-11(7-10-3-1-2-4-10)8-13(12(15)16)5-6-19(17,18)9-13/h10-11,14H,1-9H2,(H,15,16). The van der Waals surface area contributed by atoms with Crippen LogP contribution >= 0.6 is 0 Å². The summed E-state index contributed by atoms with van der Waals surface area (Å²) in [4.78, 5) is 11.4. The molecule has 19 heavy (non-hydrogen) atoms. The van der Waals surface area contributed by atoms with Crippen LogP contribution in [0, 0.1) is 11.3 Å². The lowest BCUT2D eigenvalue weighted by atomic mass is 9.80. The number of hydrogen-bond acceptors (Lipinski definition) is 4. The van der Waals surface area contributed by atoms with Gasteiger partial charge in [0.25, 0.3) is 0 Å². The van der Waals surface area contributed by atoms with Gasteiger partial charge in [0, 0.05) is 0 Å². The summed E-state index contributed by atoms with van der Waals surface area (Å²) in [6, 6.07) is 0. The monoisotopic (exact) mass is 290 g/mol. The fourth-order valence-corrected chi connectivity index (χ4v) is 5.57. The molecule has 1 aliphatic heterocycles. The van der Waals surface area contributed by atoms with Gasteiger partial charge in [0.2, 0.25) is 0 Å². The molecule has 2 N–H and O–H groups in total. The van der Waals surface area contributed by atoms with Crippen molar-refractivity contribution in [3.8, 4) is 0 Å². The SMILES string of the molecule is O=C(O)C1(CC(O)CC2CCCC2)CCS(=O)(=O)C1. The molecular formula is C13H22O5S. The van der Waals surface area contributed by atoms with E-state index in [1.165, 1.54) is 12.8 Å². The van der Waals surface area contributed by atoms with E-state index in [4.69, 9.17) is 0 Å². The van der Waals surface area contributed by atoms with Crippen molar-refractivity contribution < 1.29 is 23.4 Å². The Morgan fingerprint density at radius 3 is 2.42 bits per heavy atom. The quantitative estimate of drug-likeness (QED) is 0.794. The van der Waals surface area contributed by atoms with E-state index in [0.717, 1.165) is 12.8 Å². The largest absolute Gasteiger partial charge is 0.481 e. The first-order valence-electron chi connectivity index (χ1n) is 6.95. The zero-order chi connectivity index (χ0) is 14.1. The minimum Gasteiger partial charge on any atom is -0.481 e. The van der Waals surface area contributed by atoms with Crippen LogP contribution in [-0.2, 0) is 14.6 Å². The molecule has 2 atom stereocenters. The molecule has 0 aromatic carbocycles. The molecule has 1 saturated carbocycles. The lowest BCUT2D eigenvalue weighted by Crippen LogP contribution is -2.36. The Hall–Kier alpha value is -0.620. The first-order chi connectivity index (χ1) is 8.83. The average molecular weight is 290 g/mol. The summed E-state index contributed by atoms with van der Waals surface area (Å²) in [6.45, 7) is 0. The first-order valence-corrected chi connectivity index (χ1v) is 8.77. The van der Waals surface area contributed by atoms with Gasteiger partial charge in [0.15, 0.2) is 9.84 Å². The van der Waals surface area contributed by atoms with Crippen molar-refractivity contribution in [3.63, 3.8) is 0 Å². The van der Waals surface area contributed by atoms with Crippen molar-refractivity contribution in [2.24, 2.45) is 11.3 Å². The number of hydrogen-bond donors (Lipinski definition) is 2. The molecule has 110 valence electrons. The van der Waals surface area contributed by atoms with Crippen LogP contribution in [0.1, 0.15) is 44.9 Å². The summed E-state index contributed by atoms with van der Waals surface area (Å²) in [5.41, 5.74) is -1.27. The zero-order valence-corrected chi connectivity index (χ0v) is 11.9. The summed E-state index contributed by atoms with van der Waals surface area (Å²) in [5.74, 6) is -1.01. The van der Waals surface area contributed by atoms with Crippen molar-refractivity contribution in [2.45, 2.75) is 51.0 Å². The van der Waals surface area contributed by atoms with E-state index < -0.39 is 27.3 Å². The van der Waals surface area contributed by atoms with Crippen molar-refractivity contribution in [2.75, 3.05) is 11.5 Å². The Morgan fingerprint density at radius 1 is 1.32 bits per heavy atom. The minimum absolute atomic E-state index is 0.0675. The topological polar surface area (TPSA) is 91.7 Å². The van der Waals surface area contributed by atoms with E-state index in [2.05, 4.69) is 0 Å². The van der Waals surface area contributed by atoms with Gasteiger partial charge >= 0.3 is 5.97 Å². The van der Waals surface area contributed by atoms with E-state index in [9.17, 15) is 23.4 Å². The molecule has 2 unspecified atom stereocenters. The molecule has 0 bridgehead atoms. The third kappa shape index (κ3) is 3.48. The molecule has 6 heteroatoms. The maximum Gasteiger partial charge on any atom is 0.310 e. The molecular weight excluding hydrogens is 268 g/mol. The normalized spacial score (nSPS) is 32.5. The van der Waals surface area contributed by atoms with Gasteiger partial charge in [-0.1, -0.05) is 25.7 Å². The Kier molecular flexibility index (Phi) is 4.20. The molecule has 0 radical (unpaired) electrons. The molecule has 2 rings (SSSR count). The van der Waals surface area contributed by atoms with Gasteiger partial charge in [-0.3, -0.25) is 4.79 Å². The summed E-state index contributed by atoms with van der Waals surface area (Å²) in [6.07, 6.45) is 4.64. The number of carboxylic acids is 1. The summed E-state index contributed by atoms with van der Waals surface area (Å²) < 4.78 is 23.1. The maximum absolute atomic E-state index is 11.5. The van der Waals surface area contributed by atoms with Crippen LogP contribution < -0.4 is 0 Å². The Labute approximate surface area is 113 Å². The molecule has 0 amide bonds. The van der Waals surface area contributed by atoms with Crippen molar-refractivity contribution in [1.82, 2.24) is 0 Å². The van der Waals surface area contributed by atoms with Crippen LogP contribution in [0.2, 0.25) is 0 Å². The van der Waals surface area contributed by atoms with Gasteiger partial charge in [0.1, 0.15) is 0 Å². The molecule has 1 heterocycles. The van der Waals surface area contributed by atoms with E-state index in [1.807, 2.05) is 0 Å². The third-order valence-corrected chi connectivity index (χ3v) is 6.37. The van der Waals surface area contributed by atoms with Crippen LogP contribution in [0.15, 0.2) is 0 Å². The lowest BCUT2D eigenvalue weighted by molar-refractivity contribution is -0.149. The average Bonchev–Trinajstić information content (AvgIpc) is 2.87. The van der Waals surface area contributed by atoms with Gasteiger partial charge in [-0.15, -0.1) is 0 Å². The molecule has 1 saturated heterocycles. The molecule has 0 aromatic rings. The predicted molar refractivity (Wildman–Crippen MR) is 70.5 cm³/mol. The molecule has 2 aliphatic rings. The van der Waals surface area contributed by atoms with Crippen molar-refractivity contribution >= 4 is 15.8 Å². The zero-order valence-electron chi connectivity index (χ0n) is 11.0. The second-order valence-electron chi connectivity index (χ2n) is 6.17. The highest BCUT2D eigenvalue weighted by atomic mass is 32.2. The number of aliphatic carboxylic acids is 1. The second-order valence-corrected chi connectivity index (χ2v) is 8.36. The van der Waals surface area contributed by atoms with Crippen LogP contribution in [-0.4, -0.2) is 42.2 Å². The van der Waals surface area contributed by atoms with Crippen LogP contribution in [0.5, 0.6) is 0 Å². The minimum atomic E-state index is -3.26. The summed E-state index contributed by atoms with van der Waals surface area (Å²) in [7, 11) is -3.26. The molecule has 2 fully saturated rings. The van der Waals surface area contributed by atoms with Gasteiger partial charge in [-0.2, -0.15) is 0 Å². The number of aliphatic hydroxyl groups is 1.